The summed E-state index contributed by atoms with van der Waals surface area (Å²) >= 11 is 1.53. The van der Waals surface area contributed by atoms with Gasteiger partial charge in [-0.15, -0.1) is 11.3 Å². The highest BCUT2D eigenvalue weighted by Crippen LogP contribution is 2.34. The number of hydrogen-bond donors (Lipinski definition) is 1. The van der Waals surface area contributed by atoms with Crippen LogP contribution in [0.5, 0.6) is 0 Å². The van der Waals surface area contributed by atoms with Crippen LogP contribution >= 0.6 is 11.3 Å². The third-order valence-corrected chi connectivity index (χ3v) is 5.98. The summed E-state index contributed by atoms with van der Waals surface area (Å²) in [6.45, 7) is 0.276. The molecule has 1 heterocycles. The Kier molecular flexibility index (Phi) is 5.56. The van der Waals surface area contributed by atoms with Gasteiger partial charge in [0.1, 0.15) is 0 Å². The van der Waals surface area contributed by atoms with E-state index < -0.39 is 20.2 Å². The summed E-state index contributed by atoms with van der Waals surface area (Å²) in [4.78, 5) is 2.18. The van der Waals surface area contributed by atoms with E-state index in [4.69, 9.17) is 0 Å². The Morgan fingerprint density at radius 3 is 2.38 bits per heavy atom. The Morgan fingerprint density at radius 1 is 1.17 bits per heavy atom. The van der Waals surface area contributed by atoms with E-state index in [1.54, 1.807) is 0 Å². The lowest BCUT2D eigenvalue weighted by Crippen LogP contribution is -2.28. The van der Waals surface area contributed by atoms with Crippen molar-refractivity contribution in [3.63, 3.8) is 0 Å². The van der Waals surface area contributed by atoms with Gasteiger partial charge >= 0.3 is 5.51 Å². The maximum Gasteiger partial charge on any atom is 0.501 e. The molecule has 1 aromatic heterocycles. The van der Waals surface area contributed by atoms with Crippen molar-refractivity contribution < 1.29 is 21.6 Å². The first-order valence-corrected chi connectivity index (χ1v) is 9.35. The van der Waals surface area contributed by atoms with E-state index in [1.807, 2.05) is 36.5 Å². The second-order valence-corrected chi connectivity index (χ2v) is 8.21. The summed E-state index contributed by atoms with van der Waals surface area (Å²) in [5.74, 6) is 0. The van der Waals surface area contributed by atoms with E-state index in [0.29, 0.717) is 0 Å². The predicted molar refractivity (Wildman–Crippen MR) is 88.9 cm³/mol. The van der Waals surface area contributed by atoms with Crippen LogP contribution in [0.1, 0.15) is 10.9 Å². The van der Waals surface area contributed by atoms with Crippen LogP contribution in [0.2, 0.25) is 0 Å². The van der Waals surface area contributed by atoms with E-state index in [1.165, 1.54) is 29.5 Å². The van der Waals surface area contributed by atoms with Gasteiger partial charge in [-0.1, -0.05) is 18.2 Å². The van der Waals surface area contributed by atoms with Gasteiger partial charge in [-0.3, -0.25) is 0 Å². The number of hydrogen-bond acceptors (Lipinski definition) is 5. The van der Waals surface area contributed by atoms with Crippen molar-refractivity contribution in [2.75, 3.05) is 26.0 Å². The van der Waals surface area contributed by atoms with Crippen LogP contribution in [0, 0.1) is 0 Å². The summed E-state index contributed by atoms with van der Waals surface area (Å²) < 4.78 is 61.9. The van der Waals surface area contributed by atoms with Gasteiger partial charge in [-0.05, 0) is 37.7 Å². The number of likely N-dealkylation sites (N-methyl/N-ethyl adjacent to an activating group) is 1. The number of rotatable bonds is 6. The average molecular weight is 378 g/mol. The van der Waals surface area contributed by atoms with Crippen LogP contribution in [-0.2, 0) is 9.84 Å². The van der Waals surface area contributed by atoms with E-state index in [0.717, 1.165) is 10.9 Å². The van der Waals surface area contributed by atoms with Crippen LogP contribution in [0.15, 0.2) is 46.7 Å². The maximum atomic E-state index is 12.8. The molecule has 132 valence electrons. The highest BCUT2D eigenvalue weighted by molar-refractivity contribution is 7.92. The van der Waals surface area contributed by atoms with Crippen LogP contribution in [0.3, 0.4) is 0 Å². The van der Waals surface area contributed by atoms with Crippen LogP contribution in [0.25, 0.3) is 0 Å². The van der Waals surface area contributed by atoms with Gasteiger partial charge in [0.05, 0.1) is 16.6 Å². The first-order valence-electron chi connectivity index (χ1n) is 6.98. The number of alkyl halides is 3. The molecule has 0 saturated heterocycles. The third-order valence-electron chi connectivity index (χ3n) is 3.46. The molecule has 0 fully saturated rings. The largest absolute Gasteiger partial charge is 0.501 e. The Balaban J connectivity index is 2.28. The molecule has 0 aliphatic rings. The molecule has 24 heavy (non-hydrogen) atoms. The molecule has 0 spiro atoms. The van der Waals surface area contributed by atoms with Crippen molar-refractivity contribution in [1.82, 2.24) is 4.90 Å². The average Bonchev–Trinajstić information content (AvgIpc) is 3.00. The predicted octanol–water partition coefficient (Wildman–Crippen LogP) is 3.76. The van der Waals surface area contributed by atoms with Crippen molar-refractivity contribution in [3.05, 3.63) is 46.7 Å². The minimum absolute atomic E-state index is 0.0572. The minimum Gasteiger partial charge on any atom is -0.382 e. The van der Waals surface area contributed by atoms with E-state index in [2.05, 4.69) is 5.32 Å². The molecule has 9 heteroatoms. The monoisotopic (exact) mass is 378 g/mol. The standard InChI is InChI=1S/C15H17F3N2O2S2/c1-20(2)12(13-7-5-9-23-13)10-19-11-6-3-4-8-14(11)24(21,22)15(16,17)18/h3-9,12,19H,10H2,1-2H3/t12-/m1/s1. The summed E-state index contributed by atoms with van der Waals surface area (Å²) in [6, 6.07) is 8.78. The smallest absolute Gasteiger partial charge is 0.382 e. The molecule has 4 nitrogen and oxygen atoms in total. The van der Waals surface area contributed by atoms with Crippen molar-refractivity contribution in [3.8, 4) is 0 Å². The number of sulfone groups is 1. The topological polar surface area (TPSA) is 49.4 Å². The molecule has 0 unspecified atom stereocenters. The summed E-state index contributed by atoms with van der Waals surface area (Å²) in [5.41, 5.74) is -5.39. The molecular formula is C15H17F3N2O2S2. The Bertz CT molecular complexity index is 772. The van der Waals surface area contributed by atoms with Gasteiger partial charge < -0.3 is 10.2 Å². The highest BCUT2D eigenvalue weighted by Gasteiger charge is 2.47. The number of halogens is 3. The number of anilines is 1. The molecule has 0 amide bonds. The lowest BCUT2D eigenvalue weighted by Gasteiger charge is -2.24. The molecule has 2 aromatic rings. The second kappa shape index (κ2) is 7.12. The molecule has 0 radical (unpaired) electrons. The van der Waals surface area contributed by atoms with Crippen LogP contribution < -0.4 is 5.32 Å². The van der Waals surface area contributed by atoms with Crippen molar-refractivity contribution in [1.29, 1.82) is 0 Å². The molecule has 2 rings (SSSR count). The fourth-order valence-corrected chi connectivity index (χ4v) is 4.06. The fraction of sp³-hybridized carbons (Fsp3) is 0.333. The van der Waals surface area contributed by atoms with E-state index in [9.17, 15) is 21.6 Å². The van der Waals surface area contributed by atoms with Gasteiger partial charge in [-0.2, -0.15) is 13.2 Å². The van der Waals surface area contributed by atoms with Gasteiger partial charge in [0.15, 0.2) is 0 Å². The van der Waals surface area contributed by atoms with Gasteiger partial charge in [0.25, 0.3) is 9.84 Å². The Morgan fingerprint density at radius 2 is 1.83 bits per heavy atom. The maximum absolute atomic E-state index is 12.8. The summed E-state index contributed by atoms with van der Waals surface area (Å²) in [5, 5.41) is 4.76. The van der Waals surface area contributed by atoms with Gasteiger partial charge in [0, 0.05) is 11.4 Å². The lowest BCUT2D eigenvalue weighted by molar-refractivity contribution is -0.0435. The van der Waals surface area contributed by atoms with E-state index >= 15 is 0 Å². The second-order valence-electron chi connectivity index (χ2n) is 5.32. The number of nitrogens with zero attached hydrogens (tertiary/aromatic N) is 1. The SMILES string of the molecule is CN(C)[C@H](CNc1ccccc1S(=O)(=O)C(F)(F)F)c1cccs1. The van der Waals surface area contributed by atoms with Gasteiger partial charge in [-0.25, -0.2) is 8.42 Å². The Labute approximate surface area is 142 Å². The highest BCUT2D eigenvalue weighted by atomic mass is 32.2. The number of thiophene rings is 1. The summed E-state index contributed by atoms with van der Waals surface area (Å²) in [7, 11) is -1.70. The summed E-state index contributed by atoms with van der Waals surface area (Å²) in [6.07, 6.45) is 0. The molecule has 0 aliphatic heterocycles. The molecule has 0 bridgehead atoms. The minimum atomic E-state index is -5.40. The fourth-order valence-electron chi connectivity index (χ4n) is 2.20. The number of para-hydroxylation sites is 1. The molecule has 1 N–H and O–H groups in total. The van der Waals surface area contributed by atoms with Crippen molar-refractivity contribution in [2.45, 2.75) is 16.4 Å². The Hall–Kier alpha value is -1.58. The quantitative estimate of drug-likeness (QED) is 0.832. The number of benzene rings is 1. The third kappa shape index (κ3) is 3.90. The van der Waals surface area contributed by atoms with Crippen LogP contribution in [-0.4, -0.2) is 39.5 Å². The first kappa shape index (κ1) is 18.8. The number of nitrogens with one attached hydrogen (secondary N) is 1. The van der Waals surface area contributed by atoms with Crippen molar-refractivity contribution >= 4 is 26.9 Å². The molecule has 0 aliphatic carbocycles. The molecule has 0 saturated carbocycles. The molecule has 1 aromatic carbocycles. The zero-order valence-corrected chi connectivity index (χ0v) is 14.7. The zero-order chi connectivity index (χ0) is 18.0. The van der Waals surface area contributed by atoms with Crippen LogP contribution in [0.4, 0.5) is 18.9 Å². The molecule has 1 atom stereocenters. The lowest BCUT2D eigenvalue weighted by atomic mass is 10.2. The zero-order valence-electron chi connectivity index (χ0n) is 13.0. The van der Waals surface area contributed by atoms with Crippen molar-refractivity contribution in [2.24, 2.45) is 0 Å². The normalized spacial score (nSPS) is 13.9. The molecular weight excluding hydrogens is 361 g/mol. The first-order chi connectivity index (χ1) is 11.1. The van der Waals surface area contributed by atoms with E-state index in [-0.39, 0.29) is 18.3 Å². The van der Waals surface area contributed by atoms with Gasteiger partial charge in [0.2, 0.25) is 0 Å².